The number of carbonyl (C=O) groups excluding carboxylic acids is 1. The van der Waals surface area contributed by atoms with Gasteiger partial charge < -0.3 is 5.32 Å². The summed E-state index contributed by atoms with van der Waals surface area (Å²) in [5.74, 6) is 0.0281. The first-order valence-electron chi connectivity index (χ1n) is 9.22. The van der Waals surface area contributed by atoms with Crippen LogP contribution in [0.4, 0.5) is 0 Å². The van der Waals surface area contributed by atoms with E-state index in [9.17, 15) is 4.79 Å². The lowest BCUT2D eigenvalue weighted by Crippen LogP contribution is -2.28. The molecule has 1 aromatic heterocycles. The molecular weight excluding hydrogens is 320 g/mol. The number of para-hydroxylation sites is 1. The van der Waals surface area contributed by atoms with Gasteiger partial charge in [-0.1, -0.05) is 49.4 Å². The highest BCUT2D eigenvalue weighted by Crippen LogP contribution is 2.23. The highest BCUT2D eigenvalue weighted by atomic mass is 16.1. The third kappa shape index (κ3) is 3.77. The molecule has 1 unspecified atom stereocenters. The molecule has 26 heavy (non-hydrogen) atoms. The first kappa shape index (κ1) is 18.1. The van der Waals surface area contributed by atoms with Crippen LogP contribution in [0.1, 0.15) is 47.8 Å². The molecule has 3 aromatic rings. The molecular formula is C23H26N2O. The average molecular weight is 346 g/mol. The van der Waals surface area contributed by atoms with Gasteiger partial charge in [0.15, 0.2) is 0 Å². The highest BCUT2D eigenvalue weighted by molar-refractivity contribution is 5.86. The number of rotatable bonds is 5. The summed E-state index contributed by atoms with van der Waals surface area (Å²) in [4.78, 5) is 17.3. The Morgan fingerprint density at radius 2 is 1.77 bits per heavy atom. The molecule has 3 rings (SSSR count). The van der Waals surface area contributed by atoms with Crippen LogP contribution < -0.4 is 5.32 Å². The molecule has 0 saturated heterocycles. The first-order valence-corrected chi connectivity index (χ1v) is 9.22. The van der Waals surface area contributed by atoms with Gasteiger partial charge in [0.25, 0.3) is 0 Å². The molecule has 0 spiro atoms. The highest BCUT2D eigenvalue weighted by Gasteiger charge is 2.15. The van der Waals surface area contributed by atoms with Crippen molar-refractivity contribution in [2.45, 2.75) is 46.6 Å². The summed E-state index contributed by atoms with van der Waals surface area (Å²) in [6.45, 7) is 8.22. The SMILES string of the molecule is CCc1ccc(C(C)NC(=O)Cc2c(C)nc3ccccc3c2C)cc1. The van der Waals surface area contributed by atoms with Gasteiger partial charge >= 0.3 is 0 Å². The lowest BCUT2D eigenvalue weighted by Gasteiger charge is -2.17. The van der Waals surface area contributed by atoms with Crippen LogP contribution in [0.15, 0.2) is 48.5 Å². The van der Waals surface area contributed by atoms with Gasteiger partial charge in [-0.2, -0.15) is 0 Å². The van der Waals surface area contributed by atoms with Crippen molar-refractivity contribution in [3.8, 4) is 0 Å². The number of fused-ring (bicyclic) bond motifs is 1. The minimum Gasteiger partial charge on any atom is -0.349 e. The number of pyridine rings is 1. The van der Waals surface area contributed by atoms with Crippen LogP contribution in [0.3, 0.4) is 0 Å². The van der Waals surface area contributed by atoms with Crippen molar-refractivity contribution in [2.75, 3.05) is 0 Å². The molecule has 3 nitrogen and oxygen atoms in total. The fraction of sp³-hybridized carbons (Fsp3) is 0.304. The van der Waals surface area contributed by atoms with Gasteiger partial charge in [-0.15, -0.1) is 0 Å². The number of benzene rings is 2. The second-order valence-electron chi connectivity index (χ2n) is 6.88. The van der Waals surface area contributed by atoms with Crippen LogP contribution in [0, 0.1) is 13.8 Å². The van der Waals surface area contributed by atoms with Gasteiger partial charge in [0, 0.05) is 11.1 Å². The van der Waals surface area contributed by atoms with Crippen LogP contribution in [0.5, 0.6) is 0 Å². The molecule has 0 radical (unpaired) electrons. The molecule has 1 N–H and O–H groups in total. The van der Waals surface area contributed by atoms with Gasteiger partial charge in [0.2, 0.25) is 5.91 Å². The Morgan fingerprint density at radius 1 is 1.08 bits per heavy atom. The molecule has 0 aliphatic carbocycles. The van der Waals surface area contributed by atoms with Gasteiger partial charge in [0.05, 0.1) is 18.0 Å². The van der Waals surface area contributed by atoms with Gasteiger partial charge in [-0.05, 0) is 55.5 Å². The molecule has 0 aliphatic heterocycles. The summed E-state index contributed by atoms with van der Waals surface area (Å²) in [5, 5.41) is 4.23. The van der Waals surface area contributed by atoms with E-state index in [-0.39, 0.29) is 11.9 Å². The molecule has 0 bridgehead atoms. The van der Waals surface area contributed by atoms with E-state index < -0.39 is 0 Å². The number of amides is 1. The Balaban J connectivity index is 1.76. The fourth-order valence-electron chi connectivity index (χ4n) is 3.41. The number of aryl methyl sites for hydroxylation is 3. The molecule has 0 fully saturated rings. The number of carbonyl (C=O) groups is 1. The number of nitrogens with one attached hydrogen (secondary N) is 1. The van der Waals surface area contributed by atoms with Crippen molar-refractivity contribution in [3.63, 3.8) is 0 Å². The van der Waals surface area contributed by atoms with Crippen molar-refractivity contribution in [2.24, 2.45) is 0 Å². The summed E-state index contributed by atoms with van der Waals surface area (Å²) in [6, 6.07) is 16.5. The first-order chi connectivity index (χ1) is 12.5. The minimum atomic E-state index is -0.0116. The number of aromatic nitrogens is 1. The Labute approximate surface area is 155 Å². The van der Waals surface area contributed by atoms with Crippen LogP contribution in [-0.2, 0) is 17.6 Å². The average Bonchev–Trinajstić information content (AvgIpc) is 2.65. The summed E-state index contributed by atoms with van der Waals surface area (Å²) < 4.78 is 0. The van der Waals surface area contributed by atoms with E-state index in [4.69, 9.17) is 0 Å². The van der Waals surface area contributed by atoms with Gasteiger partial charge in [-0.3, -0.25) is 9.78 Å². The predicted octanol–water partition coefficient (Wildman–Crippen LogP) is 4.83. The van der Waals surface area contributed by atoms with Crippen LogP contribution in [0.25, 0.3) is 10.9 Å². The Hall–Kier alpha value is -2.68. The molecule has 3 heteroatoms. The van der Waals surface area contributed by atoms with Crippen LogP contribution in [0.2, 0.25) is 0 Å². The second-order valence-corrected chi connectivity index (χ2v) is 6.88. The summed E-state index contributed by atoms with van der Waals surface area (Å²) in [6.07, 6.45) is 1.38. The molecule has 1 atom stereocenters. The van der Waals surface area contributed by atoms with Crippen molar-refractivity contribution in [1.29, 1.82) is 0 Å². The summed E-state index contributed by atoms with van der Waals surface area (Å²) in [7, 11) is 0. The van der Waals surface area contributed by atoms with Gasteiger partial charge in [0.1, 0.15) is 0 Å². The van der Waals surface area contributed by atoms with Crippen LogP contribution in [-0.4, -0.2) is 10.9 Å². The maximum Gasteiger partial charge on any atom is 0.224 e. The third-order valence-electron chi connectivity index (χ3n) is 5.09. The second kappa shape index (κ2) is 7.69. The van der Waals surface area contributed by atoms with E-state index >= 15 is 0 Å². The molecule has 134 valence electrons. The normalized spacial score (nSPS) is 12.2. The van der Waals surface area contributed by atoms with E-state index in [0.717, 1.165) is 39.7 Å². The van der Waals surface area contributed by atoms with Crippen LogP contribution >= 0.6 is 0 Å². The zero-order valence-electron chi connectivity index (χ0n) is 16.0. The molecule has 0 aliphatic rings. The van der Waals surface area contributed by atoms with E-state index in [1.165, 1.54) is 5.56 Å². The smallest absolute Gasteiger partial charge is 0.224 e. The number of nitrogens with zero attached hydrogens (tertiary/aromatic N) is 1. The molecule has 0 saturated carbocycles. The number of hydrogen-bond donors (Lipinski definition) is 1. The largest absolute Gasteiger partial charge is 0.349 e. The molecule has 1 amide bonds. The molecule has 2 aromatic carbocycles. The summed E-state index contributed by atoms with van der Waals surface area (Å²) in [5.41, 5.74) is 6.51. The Morgan fingerprint density at radius 3 is 2.46 bits per heavy atom. The topological polar surface area (TPSA) is 42.0 Å². The van der Waals surface area contributed by atoms with Crippen molar-refractivity contribution in [3.05, 3.63) is 76.5 Å². The van der Waals surface area contributed by atoms with E-state index in [2.05, 4.69) is 54.5 Å². The van der Waals surface area contributed by atoms with Crippen molar-refractivity contribution in [1.82, 2.24) is 10.3 Å². The van der Waals surface area contributed by atoms with E-state index in [1.807, 2.05) is 32.0 Å². The minimum absolute atomic E-state index is 0.0116. The standard InChI is InChI=1S/C23H26N2O/c1-5-18-10-12-19(13-11-18)16(3)25-23(26)14-21-15(2)20-8-6-7-9-22(20)24-17(21)4/h6-13,16H,5,14H2,1-4H3,(H,25,26). The quantitative estimate of drug-likeness (QED) is 0.719. The van der Waals surface area contributed by atoms with Crippen molar-refractivity contribution >= 4 is 16.8 Å². The fourth-order valence-corrected chi connectivity index (χ4v) is 3.41. The van der Waals surface area contributed by atoms with E-state index in [1.54, 1.807) is 0 Å². The predicted molar refractivity (Wildman–Crippen MR) is 107 cm³/mol. The van der Waals surface area contributed by atoms with E-state index in [0.29, 0.717) is 6.42 Å². The zero-order chi connectivity index (χ0) is 18.7. The lowest BCUT2D eigenvalue weighted by molar-refractivity contribution is -0.121. The van der Waals surface area contributed by atoms with Crippen molar-refractivity contribution < 1.29 is 4.79 Å². The Kier molecular flexibility index (Phi) is 5.36. The van der Waals surface area contributed by atoms with Gasteiger partial charge in [-0.25, -0.2) is 0 Å². The zero-order valence-corrected chi connectivity index (χ0v) is 16.0. The number of hydrogen-bond acceptors (Lipinski definition) is 2. The monoisotopic (exact) mass is 346 g/mol. The molecule has 1 heterocycles. The maximum absolute atomic E-state index is 12.6. The third-order valence-corrected chi connectivity index (χ3v) is 5.09. The summed E-state index contributed by atoms with van der Waals surface area (Å²) >= 11 is 0. The Bertz CT molecular complexity index is 929. The maximum atomic E-state index is 12.6. The lowest BCUT2D eigenvalue weighted by atomic mass is 9.99.